The first kappa shape index (κ1) is 13.3. The van der Waals surface area contributed by atoms with Crippen LogP contribution in [0.3, 0.4) is 0 Å². The number of carbonyl (C=O) groups excluding carboxylic acids is 2. The zero-order valence-electron chi connectivity index (χ0n) is 10.9. The molecule has 2 amide bonds. The van der Waals surface area contributed by atoms with E-state index in [9.17, 15) is 9.59 Å². The SMILES string of the molecule is CCc1cc(C(=O)NC2CCCNC2=O)cc(N)n1. The van der Waals surface area contributed by atoms with E-state index >= 15 is 0 Å². The number of amides is 2. The molecule has 6 heteroatoms. The third-order valence-corrected chi connectivity index (χ3v) is 3.11. The number of carbonyl (C=O) groups is 2. The summed E-state index contributed by atoms with van der Waals surface area (Å²) in [6.45, 7) is 2.62. The van der Waals surface area contributed by atoms with Crippen LogP contribution in [0.1, 0.15) is 35.8 Å². The minimum Gasteiger partial charge on any atom is -0.384 e. The van der Waals surface area contributed by atoms with E-state index in [1.165, 1.54) is 6.07 Å². The molecular formula is C13H18N4O2. The monoisotopic (exact) mass is 262 g/mol. The van der Waals surface area contributed by atoms with Crippen LogP contribution in [0.25, 0.3) is 0 Å². The summed E-state index contributed by atoms with van der Waals surface area (Å²) in [5.74, 6) is -0.0965. The Morgan fingerprint density at radius 2 is 2.37 bits per heavy atom. The first-order valence-electron chi connectivity index (χ1n) is 6.45. The molecule has 102 valence electrons. The van der Waals surface area contributed by atoms with Crippen molar-refractivity contribution in [1.82, 2.24) is 15.6 Å². The van der Waals surface area contributed by atoms with Crippen LogP contribution in [0.4, 0.5) is 5.82 Å². The molecule has 0 spiro atoms. The summed E-state index contributed by atoms with van der Waals surface area (Å²) in [6.07, 6.45) is 2.24. The number of nitrogens with zero attached hydrogens (tertiary/aromatic N) is 1. The normalized spacial score (nSPS) is 18.8. The lowest BCUT2D eigenvalue weighted by Crippen LogP contribution is -2.50. The molecule has 1 aliphatic heterocycles. The van der Waals surface area contributed by atoms with Crippen molar-refractivity contribution >= 4 is 17.6 Å². The van der Waals surface area contributed by atoms with Gasteiger partial charge in [-0.15, -0.1) is 0 Å². The summed E-state index contributed by atoms with van der Waals surface area (Å²) >= 11 is 0. The molecule has 0 saturated carbocycles. The second kappa shape index (κ2) is 5.69. The highest BCUT2D eigenvalue weighted by Crippen LogP contribution is 2.10. The van der Waals surface area contributed by atoms with Gasteiger partial charge in [0.2, 0.25) is 5.91 Å². The van der Waals surface area contributed by atoms with Gasteiger partial charge in [0.15, 0.2) is 0 Å². The van der Waals surface area contributed by atoms with Gasteiger partial charge in [-0.2, -0.15) is 0 Å². The van der Waals surface area contributed by atoms with Gasteiger partial charge in [-0.1, -0.05) is 6.92 Å². The second-order valence-electron chi connectivity index (χ2n) is 4.58. The number of hydrogen-bond acceptors (Lipinski definition) is 4. The summed E-state index contributed by atoms with van der Waals surface area (Å²) in [5, 5.41) is 5.46. The number of piperidine rings is 1. The summed E-state index contributed by atoms with van der Waals surface area (Å²) in [7, 11) is 0. The summed E-state index contributed by atoms with van der Waals surface area (Å²) in [5.41, 5.74) is 6.87. The molecule has 1 aromatic rings. The number of rotatable bonds is 3. The van der Waals surface area contributed by atoms with Crippen LogP contribution < -0.4 is 16.4 Å². The number of nitrogen functional groups attached to an aromatic ring is 1. The first-order chi connectivity index (χ1) is 9.10. The molecule has 1 aromatic heterocycles. The van der Waals surface area contributed by atoms with Crippen molar-refractivity contribution in [2.24, 2.45) is 0 Å². The number of nitrogens with two attached hydrogens (primary N) is 1. The molecule has 1 saturated heterocycles. The van der Waals surface area contributed by atoms with E-state index in [4.69, 9.17) is 5.73 Å². The van der Waals surface area contributed by atoms with Gasteiger partial charge in [0, 0.05) is 17.8 Å². The van der Waals surface area contributed by atoms with Crippen molar-refractivity contribution in [2.75, 3.05) is 12.3 Å². The maximum atomic E-state index is 12.1. The number of aromatic nitrogens is 1. The Balaban J connectivity index is 2.11. The molecule has 0 bridgehead atoms. The number of pyridine rings is 1. The topological polar surface area (TPSA) is 97.1 Å². The summed E-state index contributed by atoms with van der Waals surface area (Å²) in [6, 6.07) is 2.77. The standard InChI is InChI=1S/C13H18N4O2/c1-2-9-6-8(7-11(14)16-9)12(18)17-10-4-3-5-15-13(10)19/h6-7,10H,2-5H2,1H3,(H2,14,16)(H,15,19)(H,17,18). The Bertz CT molecular complexity index is 501. The quantitative estimate of drug-likeness (QED) is 0.726. The molecule has 19 heavy (non-hydrogen) atoms. The van der Waals surface area contributed by atoms with Gasteiger partial charge in [0.1, 0.15) is 11.9 Å². The van der Waals surface area contributed by atoms with E-state index in [2.05, 4.69) is 15.6 Å². The molecule has 0 radical (unpaired) electrons. The van der Waals surface area contributed by atoms with E-state index < -0.39 is 6.04 Å². The summed E-state index contributed by atoms with van der Waals surface area (Å²) < 4.78 is 0. The number of anilines is 1. The van der Waals surface area contributed by atoms with Crippen LogP contribution in [-0.4, -0.2) is 29.4 Å². The van der Waals surface area contributed by atoms with Gasteiger partial charge in [-0.05, 0) is 31.4 Å². The number of aryl methyl sites for hydroxylation is 1. The molecule has 1 fully saturated rings. The van der Waals surface area contributed by atoms with Crippen molar-refractivity contribution in [3.63, 3.8) is 0 Å². The van der Waals surface area contributed by atoms with Crippen LogP contribution >= 0.6 is 0 Å². The number of hydrogen-bond donors (Lipinski definition) is 3. The van der Waals surface area contributed by atoms with E-state index in [1.807, 2.05) is 6.92 Å². The molecule has 6 nitrogen and oxygen atoms in total. The molecule has 2 rings (SSSR count). The summed E-state index contributed by atoms with van der Waals surface area (Å²) in [4.78, 5) is 27.8. The molecule has 1 aliphatic rings. The molecule has 4 N–H and O–H groups in total. The van der Waals surface area contributed by atoms with E-state index in [0.717, 1.165) is 12.1 Å². The first-order valence-corrected chi connectivity index (χ1v) is 6.45. The third-order valence-electron chi connectivity index (χ3n) is 3.11. The highest BCUT2D eigenvalue weighted by molar-refractivity contribution is 5.98. The maximum Gasteiger partial charge on any atom is 0.252 e. The van der Waals surface area contributed by atoms with Gasteiger partial charge in [0.25, 0.3) is 5.91 Å². The fraction of sp³-hybridized carbons (Fsp3) is 0.462. The fourth-order valence-corrected chi connectivity index (χ4v) is 2.07. The molecule has 0 aromatic carbocycles. The average molecular weight is 262 g/mol. The Morgan fingerprint density at radius 1 is 1.58 bits per heavy atom. The Hall–Kier alpha value is -2.11. The second-order valence-corrected chi connectivity index (χ2v) is 4.58. The van der Waals surface area contributed by atoms with Crippen LogP contribution in [0.5, 0.6) is 0 Å². The molecule has 1 atom stereocenters. The van der Waals surface area contributed by atoms with Crippen LogP contribution in [0.2, 0.25) is 0 Å². The smallest absolute Gasteiger partial charge is 0.252 e. The van der Waals surface area contributed by atoms with Crippen LogP contribution in [0.15, 0.2) is 12.1 Å². The van der Waals surface area contributed by atoms with Crippen molar-refractivity contribution < 1.29 is 9.59 Å². The fourth-order valence-electron chi connectivity index (χ4n) is 2.07. The van der Waals surface area contributed by atoms with Gasteiger partial charge >= 0.3 is 0 Å². The van der Waals surface area contributed by atoms with Crippen molar-refractivity contribution in [2.45, 2.75) is 32.2 Å². The van der Waals surface area contributed by atoms with Crippen molar-refractivity contribution in [3.05, 3.63) is 23.4 Å². The third kappa shape index (κ3) is 3.21. The van der Waals surface area contributed by atoms with Crippen LogP contribution in [-0.2, 0) is 11.2 Å². The lowest BCUT2D eigenvalue weighted by molar-refractivity contribution is -0.124. The van der Waals surface area contributed by atoms with Gasteiger partial charge in [0.05, 0.1) is 0 Å². The highest BCUT2D eigenvalue weighted by atomic mass is 16.2. The minimum absolute atomic E-state index is 0.127. The Labute approximate surface area is 111 Å². The van der Waals surface area contributed by atoms with E-state index in [-0.39, 0.29) is 11.8 Å². The van der Waals surface area contributed by atoms with Gasteiger partial charge in [-0.3, -0.25) is 9.59 Å². The molecular weight excluding hydrogens is 244 g/mol. The van der Waals surface area contributed by atoms with E-state index in [1.54, 1.807) is 6.07 Å². The average Bonchev–Trinajstić information content (AvgIpc) is 2.40. The highest BCUT2D eigenvalue weighted by Gasteiger charge is 2.24. The Morgan fingerprint density at radius 3 is 3.05 bits per heavy atom. The van der Waals surface area contributed by atoms with Gasteiger partial charge < -0.3 is 16.4 Å². The maximum absolute atomic E-state index is 12.1. The zero-order valence-corrected chi connectivity index (χ0v) is 10.9. The van der Waals surface area contributed by atoms with Crippen molar-refractivity contribution in [1.29, 1.82) is 0 Å². The van der Waals surface area contributed by atoms with Crippen LogP contribution in [0, 0.1) is 0 Å². The lowest BCUT2D eigenvalue weighted by atomic mass is 10.1. The molecule has 2 heterocycles. The largest absolute Gasteiger partial charge is 0.384 e. The number of nitrogens with one attached hydrogen (secondary N) is 2. The predicted molar refractivity (Wildman–Crippen MR) is 71.5 cm³/mol. The van der Waals surface area contributed by atoms with Crippen molar-refractivity contribution in [3.8, 4) is 0 Å². The predicted octanol–water partition coefficient (Wildman–Crippen LogP) is 0.235. The Kier molecular flexibility index (Phi) is 3.99. The molecule has 1 unspecified atom stereocenters. The zero-order chi connectivity index (χ0) is 13.8. The lowest BCUT2D eigenvalue weighted by Gasteiger charge is -2.22. The van der Waals surface area contributed by atoms with Gasteiger partial charge in [-0.25, -0.2) is 4.98 Å². The molecule has 0 aliphatic carbocycles. The minimum atomic E-state index is -0.458. The van der Waals surface area contributed by atoms with E-state index in [0.29, 0.717) is 30.8 Å².